The number of hydrogen-bond acceptors (Lipinski definition) is 6. The zero-order valence-electron chi connectivity index (χ0n) is 24.5. The number of carbonyl (C=O) groups is 2. The summed E-state index contributed by atoms with van der Waals surface area (Å²) >= 11 is 0. The second-order valence-corrected chi connectivity index (χ2v) is 15.8. The van der Waals surface area contributed by atoms with Gasteiger partial charge in [0.15, 0.2) is 0 Å². The molecule has 4 saturated heterocycles. The highest BCUT2D eigenvalue weighted by atomic mass is 32.2. The molecule has 0 bridgehead atoms. The van der Waals surface area contributed by atoms with Crippen LogP contribution in [0.25, 0.3) is 0 Å². The summed E-state index contributed by atoms with van der Waals surface area (Å²) in [6, 6.07) is 0.497. The van der Waals surface area contributed by atoms with Crippen LogP contribution in [0.4, 0.5) is 0 Å². The summed E-state index contributed by atoms with van der Waals surface area (Å²) in [6.45, 7) is 12.2. The minimum atomic E-state index is -3.30. The van der Waals surface area contributed by atoms with Gasteiger partial charge in [-0.1, -0.05) is 13.8 Å². The standard InChI is InChI=1S/C29H51N5O4S/c1-19-15-20(2)18-32(17-19)29(36)28-21(3)31-34-14-11-24(16-27(28)34)23-9-12-33(13-10-23)39(37,38)26-7-5-25(6-8-26)30-22(4)35/h19-21,23-28,31H,5-18H2,1-4H3,(H,30,35). The number of amides is 2. The van der Waals surface area contributed by atoms with Gasteiger partial charge in [0.1, 0.15) is 0 Å². The molecule has 5 aliphatic rings. The van der Waals surface area contributed by atoms with Gasteiger partial charge >= 0.3 is 0 Å². The lowest BCUT2D eigenvalue weighted by atomic mass is 9.74. The van der Waals surface area contributed by atoms with Crippen molar-refractivity contribution in [2.45, 2.75) is 109 Å². The number of piperidine rings is 3. The highest BCUT2D eigenvalue weighted by Gasteiger charge is 2.49. The summed E-state index contributed by atoms with van der Waals surface area (Å²) in [5, 5.41) is 4.97. The SMILES string of the molecule is CC(=O)NC1CCC(S(=O)(=O)N2CCC(C3CCN4NC(C)C(C(=O)N5CC(C)CC(C)C5)C4C3)CC2)CC1. The predicted octanol–water partition coefficient (Wildman–Crippen LogP) is 2.58. The van der Waals surface area contributed by atoms with Crippen molar-refractivity contribution in [1.29, 1.82) is 0 Å². The van der Waals surface area contributed by atoms with Gasteiger partial charge in [-0.3, -0.25) is 15.0 Å². The van der Waals surface area contributed by atoms with E-state index in [1.807, 2.05) is 0 Å². The fraction of sp³-hybridized carbons (Fsp3) is 0.931. The average molecular weight is 566 g/mol. The van der Waals surface area contributed by atoms with Crippen LogP contribution in [0.5, 0.6) is 0 Å². The molecule has 9 nitrogen and oxygen atoms in total. The molecule has 2 N–H and O–H groups in total. The maximum atomic E-state index is 13.8. The smallest absolute Gasteiger partial charge is 0.228 e. The number of hydrazine groups is 1. The predicted molar refractivity (Wildman–Crippen MR) is 152 cm³/mol. The zero-order chi connectivity index (χ0) is 27.9. The quantitative estimate of drug-likeness (QED) is 0.531. The molecule has 0 spiro atoms. The molecule has 6 atom stereocenters. The van der Waals surface area contributed by atoms with Crippen molar-refractivity contribution >= 4 is 21.8 Å². The number of nitrogens with zero attached hydrogens (tertiary/aromatic N) is 3. The molecular weight excluding hydrogens is 514 g/mol. The minimum absolute atomic E-state index is 0.00149. The van der Waals surface area contributed by atoms with Gasteiger partial charge in [-0.25, -0.2) is 17.7 Å². The Morgan fingerprint density at radius 1 is 0.821 bits per heavy atom. The summed E-state index contributed by atoms with van der Waals surface area (Å²) in [4.78, 5) is 27.3. The Bertz CT molecular complexity index is 982. The first kappa shape index (κ1) is 29.3. The second-order valence-electron chi connectivity index (χ2n) is 13.6. The molecule has 1 aliphatic carbocycles. The lowest BCUT2D eigenvalue weighted by Crippen LogP contribution is -2.52. The van der Waals surface area contributed by atoms with E-state index in [9.17, 15) is 18.0 Å². The number of hydrogen-bond donors (Lipinski definition) is 2. The number of likely N-dealkylation sites (tertiary alicyclic amines) is 1. The van der Waals surface area contributed by atoms with Crippen LogP contribution < -0.4 is 10.7 Å². The van der Waals surface area contributed by atoms with Crippen molar-refractivity contribution in [2.24, 2.45) is 29.6 Å². The number of sulfonamides is 1. The van der Waals surface area contributed by atoms with Crippen molar-refractivity contribution in [2.75, 3.05) is 32.7 Å². The van der Waals surface area contributed by atoms with Gasteiger partial charge in [-0.05, 0) is 88.4 Å². The summed E-state index contributed by atoms with van der Waals surface area (Å²) in [5.74, 6) is 2.48. The highest BCUT2D eigenvalue weighted by Crippen LogP contribution is 2.41. The molecule has 4 aliphatic heterocycles. The van der Waals surface area contributed by atoms with E-state index < -0.39 is 10.0 Å². The average Bonchev–Trinajstić information content (AvgIpc) is 3.22. The van der Waals surface area contributed by atoms with E-state index in [0.29, 0.717) is 55.5 Å². The fourth-order valence-corrected chi connectivity index (χ4v) is 10.7. The van der Waals surface area contributed by atoms with E-state index in [1.54, 1.807) is 4.31 Å². The zero-order valence-corrected chi connectivity index (χ0v) is 25.3. The summed E-state index contributed by atoms with van der Waals surface area (Å²) in [7, 11) is -3.30. The van der Waals surface area contributed by atoms with Gasteiger partial charge < -0.3 is 10.2 Å². The molecule has 0 aromatic heterocycles. The van der Waals surface area contributed by atoms with E-state index in [1.165, 1.54) is 13.3 Å². The van der Waals surface area contributed by atoms with E-state index >= 15 is 0 Å². The van der Waals surface area contributed by atoms with Crippen molar-refractivity contribution in [3.8, 4) is 0 Å². The molecule has 5 fully saturated rings. The third-order valence-corrected chi connectivity index (χ3v) is 12.9. The van der Waals surface area contributed by atoms with Crippen LogP contribution >= 0.6 is 0 Å². The lowest BCUT2D eigenvalue weighted by molar-refractivity contribution is -0.140. The van der Waals surface area contributed by atoms with E-state index in [0.717, 1.165) is 58.2 Å². The first-order valence-electron chi connectivity index (χ1n) is 15.6. The van der Waals surface area contributed by atoms with Crippen LogP contribution in [0.2, 0.25) is 0 Å². The Morgan fingerprint density at radius 3 is 2.05 bits per heavy atom. The van der Waals surface area contributed by atoms with Crippen LogP contribution in [-0.4, -0.2) is 90.5 Å². The van der Waals surface area contributed by atoms with Crippen LogP contribution in [0.3, 0.4) is 0 Å². The molecule has 39 heavy (non-hydrogen) atoms. The first-order chi connectivity index (χ1) is 18.5. The van der Waals surface area contributed by atoms with Gasteiger partial charge in [0, 0.05) is 57.8 Å². The number of fused-ring (bicyclic) bond motifs is 1. The Balaban J connectivity index is 1.15. The normalized spacial score (nSPS) is 39.3. The van der Waals surface area contributed by atoms with Crippen LogP contribution in [0, 0.1) is 29.6 Å². The third-order valence-electron chi connectivity index (χ3n) is 10.5. The Labute approximate surface area is 235 Å². The highest BCUT2D eigenvalue weighted by molar-refractivity contribution is 7.89. The number of carbonyl (C=O) groups excluding carboxylic acids is 2. The molecule has 10 heteroatoms. The van der Waals surface area contributed by atoms with Crippen LogP contribution in [0.1, 0.15) is 85.5 Å². The van der Waals surface area contributed by atoms with E-state index in [-0.39, 0.29) is 35.2 Å². The Hall–Kier alpha value is -1.23. The molecule has 2 amide bonds. The summed E-state index contributed by atoms with van der Waals surface area (Å²) in [6.07, 6.45) is 7.90. The molecule has 0 radical (unpaired) electrons. The monoisotopic (exact) mass is 565 g/mol. The summed E-state index contributed by atoms with van der Waals surface area (Å²) < 4.78 is 28.6. The molecule has 0 aromatic carbocycles. The second kappa shape index (κ2) is 11.9. The van der Waals surface area contributed by atoms with Crippen molar-refractivity contribution in [3.05, 3.63) is 0 Å². The largest absolute Gasteiger partial charge is 0.354 e. The Kier molecular flexibility index (Phi) is 8.96. The van der Waals surface area contributed by atoms with Crippen molar-refractivity contribution in [3.63, 3.8) is 0 Å². The minimum Gasteiger partial charge on any atom is -0.354 e. The Morgan fingerprint density at radius 2 is 1.44 bits per heavy atom. The lowest BCUT2D eigenvalue weighted by Gasteiger charge is -2.43. The maximum absolute atomic E-state index is 13.8. The first-order valence-corrected chi connectivity index (χ1v) is 17.1. The third kappa shape index (κ3) is 6.33. The molecule has 6 unspecified atom stereocenters. The van der Waals surface area contributed by atoms with Crippen LogP contribution in [0.15, 0.2) is 0 Å². The number of rotatable bonds is 5. The van der Waals surface area contributed by atoms with Crippen molar-refractivity contribution < 1.29 is 18.0 Å². The topological polar surface area (TPSA) is 102 Å². The van der Waals surface area contributed by atoms with E-state index in [2.05, 4.69) is 41.4 Å². The van der Waals surface area contributed by atoms with Gasteiger partial charge in [0.05, 0.1) is 11.2 Å². The maximum Gasteiger partial charge on any atom is 0.228 e. The molecule has 5 rings (SSSR count). The van der Waals surface area contributed by atoms with Gasteiger partial charge in [0.25, 0.3) is 0 Å². The molecule has 1 saturated carbocycles. The fourth-order valence-electron chi connectivity index (χ4n) is 8.67. The number of nitrogens with one attached hydrogen (secondary N) is 2. The van der Waals surface area contributed by atoms with Crippen LogP contribution in [-0.2, 0) is 19.6 Å². The van der Waals surface area contributed by atoms with Crippen molar-refractivity contribution in [1.82, 2.24) is 25.0 Å². The van der Waals surface area contributed by atoms with Gasteiger partial charge in [-0.2, -0.15) is 0 Å². The molecule has 0 aromatic rings. The summed E-state index contributed by atoms with van der Waals surface area (Å²) in [5.41, 5.74) is 3.62. The molecular formula is C29H51N5O4S. The molecule has 222 valence electrons. The van der Waals surface area contributed by atoms with Gasteiger partial charge in [-0.15, -0.1) is 0 Å². The van der Waals surface area contributed by atoms with E-state index in [4.69, 9.17) is 0 Å². The molecule has 4 heterocycles. The van der Waals surface area contributed by atoms with Gasteiger partial charge in [0.2, 0.25) is 21.8 Å².